The van der Waals surface area contributed by atoms with Gasteiger partial charge in [0, 0.05) is 11.3 Å². The van der Waals surface area contributed by atoms with E-state index < -0.39 is 23.3 Å². The van der Waals surface area contributed by atoms with E-state index in [1.54, 1.807) is 0 Å². The molecule has 72 valence electrons. The van der Waals surface area contributed by atoms with Crippen LogP contribution in [0.4, 0.5) is 0 Å². The Morgan fingerprint density at radius 2 is 2.17 bits per heavy atom. The van der Waals surface area contributed by atoms with Gasteiger partial charge in [0.25, 0.3) is 0 Å². The summed E-state index contributed by atoms with van der Waals surface area (Å²) in [6, 6.07) is -1.01. The van der Waals surface area contributed by atoms with Gasteiger partial charge in [0.2, 0.25) is 0 Å². The second-order valence-corrected chi connectivity index (χ2v) is 3.58. The lowest BCUT2D eigenvalue weighted by molar-refractivity contribution is -0.139. The highest BCUT2D eigenvalue weighted by Gasteiger charge is 2.17. The normalized spacial score (nSPS) is 16.0. The van der Waals surface area contributed by atoms with Crippen LogP contribution in [0.5, 0.6) is 0 Å². The van der Waals surface area contributed by atoms with E-state index in [1.165, 1.54) is 0 Å². The average molecular weight is 194 g/mol. The van der Waals surface area contributed by atoms with Gasteiger partial charge in [0.05, 0.1) is 0 Å². The molecule has 0 aliphatic heterocycles. The molecule has 0 saturated heterocycles. The van der Waals surface area contributed by atoms with Crippen LogP contribution in [0, 0.1) is 5.92 Å². The van der Waals surface area contributed by atoms with E-state index >= 15 is 0 Å². The molecule has 0 saturated carbocycles. The standard InChI is InChI=1S/C6H13NO4S/c1-4(2)3-5(6(8)9)7-12(10)11/h4-5,7H,3H2,1-2H3,(H,8,9)(H,10,11)/p-1/t5-/m0/s1. The van der Waals surface area contributed by atoms with E-state index in [4.69, 9.17) is 5.11 Å². The molecule has 0 aromatic heterocycles. The van der Waals surface area contributed by atoms with Gasteiger partial charge in [0.1, 0.15) is 6.04 Å². The highest BCUT2D eigenvalue weighted by atomic mass is 32.2. The van der Waals surface area contributed by atoms with Crippen molar-refractivity contribution in [3.63, 3.8) is 0 Å². The van der Waals surface area contributed by atoms with E-state index in [2.05, 4.69) is 0 Å². The molecule has 0 amide bonds. The largest absolute Gasteiger partial charge is 0.760 e. The Balaban J connectivity index is 4.04. The summed E-state index contributed by atoms with van der Waals surface area (Å²) in [5.74, 6) is -1.00. The predicted octanol–water partition coefficient (Wildman–Crippen LogP) is -0.131. The summed E-state index contributed by atoms with van der Waals surface area (Å²) in [4.78, 5) is 10.4. The Hall–Kier alpha value is -0.460. The van der Waals surface area contributed by atoms with Crippen molar-refractivity contribution in [2.45, 2.75) is 26.3 Å². The van der Waals surface area contributed by atoms with Gasteiger partial charge < -0.3 is 9.66 Å². The average Bonchev–Trinajstić information content (AvgIpc) is 1.83. The van der Waals surface area contributed by atoms with Crippen LogP contribution in [-0.4, -0.2) is 25.9 Å². The lowest BCUT2D eigenvalue weighted by Gasteiger charge is -2.17. The summed E-state index contributed by atoms with van der Waals surface area (Å²) in [6.45, 7) is 3.65. The van der Waals surface area contributed by atoms with Crippen LogP contribution in [0.1, 0.15) is 20.3 Å². The van der Waals surface area contributed by atoms with Crippen LogP contribution in [0.15, 0.2) is 0 Å². The zero-order valence-electron chi connectivity index (χ0n) is 6.94. The van der Waals surface area contributed by atoms with Gasteiger partial charge in [0.15, 0.2) is 0 Å². The number of aliphatic carboxylic acids is 1. The van der Waals surface area contributed by atoms with E-state index in [-0.39, 0.29) is 5.92 Å². The summed E-state index contributed by atoms with van der Waals surface area (Å²) in [5.41, 5.74) is 0. The molecular formula is C6H12NO4S-. The Kier molecular flexibility index (Phi) is 5.03. The zero-order valence-corrected chi connectivity index (χ0v) is 7.76. The highest BCUT2D eigenvalue weighted by Crippen LogP contribution is 2.04. The number of nitrogens with one attached hydrogen (secondary N) is 1. The number of rotatable bonds is 5. The Bertz CT molecular complexity index is 182. The smallest absolute Gasteiger partial charge is 0.321 e. The number of hydrogen-bond donors (Lipinski definition) is 2. The van der Waals surface area contributed by atoms with Crippen molar-refractivity contribution < 1.29 is 18.7 Å². The third kappa shape index (κ3) is 5.22. The van der Waals surface area contributed by atoms with Crippen LogP contribution < -0.4 is 4.72 Å². The molecule has 0 aromatic rings. The molecular weight excluding hydrogens is 182 g/mol. The maximum Gasteiger partial charge on any atom is 0.321 e. The quantitative estimate of drug-likeness (QED) is 0.596. The van der Waals surface area contributed by atoms with Crippen molar-refractivity contribution in [1.29, 1.82) is 0 Å². The molecule has 0 aliphatic rings. The van der Waals surface area contributed by atoms with E-state index in [9.17, 15) is 13.6 Å². The number of carboxylic acid groups (broad SMARTS) is 1. The summed E-state index contributed by atoms with van der Waals surface area (Å²) in [6.07, 6.45) is 0.295. The van der Waals surface area contributed by atoms with Gasteiger partial charge in [-0.05, 0) is 12.3 Å². The summed E-state index contributed by atoms with van der Waals surface area (Å²) >= 11 is -2.51. The fourth-order valence-electron chi connectivity index (χ4n) is 0.787. The lowest BCUT2D eigenvalue weighted by Crippen LogP contribution is -2.38. The Morgan fingerprint density at radius 3 is 2.42 bits per heavy atom. The van der Waals surface area contributed by atoms with Gasteiger partial charge in [-0.2, -0.15) is 0 Å². The molecule has 2 atom stereocenters. The molecule has 2 N–H and O–H groups in total. The summed E-state index contributed by atoms with van der Waals surface area (Å²) < 4.78 is 22.2. The minimum absolute atomic E-state index is 0.141. The molecule has 0 fully saturated rings. The van der Waals surface area contributed by atoms with Gasteiger partial charge >= 0.3 is 5.97 Å². The van der Waals surface area contributed by atoms with Gasteiger partial charge in [-0.1, -0.05) is 13.8 Å². The second kappa shape index (κ2) is 5.23. The van der Waals surface area contributed by atoms with Crippen LogP contribution in [0.25, 0.3) is 0 Å². The fourth-order valence-corrected chi connectivity index (χ4v) is 1.22. The zero-order chi connectivity index (χ0) is 9.72. The van der Waals surface area contributed by atoms with Gasteiger partial charge in [-0.3, -0.25) is 9.00 Å². The predicted molar refractivity (Wildman–Crippen MR) is 42.9 cm³/mol. The molecule has 1 unspecified atom stereocenters. The molecule has 0 radical (unpaired) electrons. The van der Waals surface area contributed by atoms with E-state index in [0.717, 1.165) is 0 Å². The van der Waals surface area contributed by atoms with Crippen molar-refractivity contribution in [1.82, 2.24) is 4.72 Å². The highest BCUT2D eigenvalue weighted by molar-refractivity contribution is 7.77. The molecule has 0 rings (SSSR count). The third-order valence-corrected chi connectivity index (χ3v) is 1.72. The van der Waals surface area contributed by atoms with Gasteiger partial charge in [-0.15, -0.1) is 0 Å². The van der Waals surface area contributed by atoms with Crippen LogP contribution in [0.2, 0.25) is 0 Å². The van der Waals surface area contributed by atoms with Crippen molar-refractivity contribution in [2.24, 2.45) is 5.92 Å². The molecule has 5 nitrogen and oxygen atoms in total. The maximum absolute atomic E-state index is 10.4. The first-order chi connectivity index (χ1) is 5.43. The summed E-state index contributed by atoms with van der Waals surface area (Å²) in [5, 5.41) is 8.54. The lowest BCUT2D eigenvalue weighted by atomic mass is 10.1. The van der Waals surface area contributed by atoms with Crippen LogP contribution in [-0.2, 0) is 16.1 Å². The van der Waals surface area contributed by atoms with Gasteiger partial charge in [-0.25, -0.2) is 4.72 Å². The van der Waals surface area contributed by atoms with Crippen LogP contribution >= 0.6 is 0 Å². The third-order valence-electron chi connectivity index (χ3n) is 1.24. The first-order valence-electron chi connectivity index (χ1n) is 3.51. The van der Waals surface area contributed by atoms with Crippen molar-refractivity contribution in [3.05, 3.63) is 0 Å². The number of carboxylic acids is 1. The first-order valence-corrected chi connectivity index (χ1v) is 4.59. The molecule has 0 spiro atoms. The van der Waals surface area contributed by atoms with Crippen LogP contribution in [0.3, 0.4) is 0 Å². The van der Waals surface area contributed by atoms with Crippen molar-refractivity contribution in [2.75, 3.05) is 0 Å². The minimum atomic E-state index is -2.51. The monoisotopic (exact) mass is 194 g/mol. The number of hydrogen-bond acceptors (Lipinski definition) is 3. The molecule has 0 heterocycles. The first kappa shape index (κ1) is 11.5. The minimum Gasteiger partial charge on any atom is -0.760 e. The Morgan fingerprint density at radius 1 is 1.67 bits per heavy atom. The van der Waals surface area contributed by atoms with E-state index in [1.807, 2.05) is 18.6 Å². The van der Waals surface area contributed by atoms with Crippen molar-refractivity contribution in [3.8, 4) is 0 Å². The Labute approximate surface area is 73.6 Å². The molecule has 0 aliphatic carbocycles. The molecule has 12 heavy (non-hydrogen) atoms. The fraction of sp³-hybridized carbons (Fsp3) is 0.833. The maximum atomic E-state index is 10.4. The summed E-state index contributed by atoms with van der Waals surface area (Å²) in [7, 11) is 0. The molecule has 6 heteroatoms. The van der Waals surface area contributed by atoms with Crippen molar-refractivity contribution >= 4 is 17.2 Å². The SMILES string of the molecule is CC(C)C[C@H](NS(=O)[O-])C(=O)O. The number of carbonyl (C=O) groups is 1. The second-order valence-electron chi connectivity index (χ2n) is 2.87. The molecule has 0 aromatic carbocycles. The molecule has 0 bridgehead atoms. The topological polar surface area (TPSA) is 89.5 Å². The van der Waals surface area contributed by atoms with E-state index in [0.29, 0.717) is 6.42 Å².